The van der Waals surface area contributed by atoms with Gasteiger partial charge in [-0.1, -0.05) is 30.3 Å². The molecule has 0 aliphatic carbocycles. The molecule has 122 valence electrons. The molecule has 0 fully saturated rings. The van der Waals surface area contributed by atoms with Crippen LogP contribution in [0.15, 0.2) is 46.6 Å². The van der Waals surface area contributed by atoms with Gasteiger partial charge in [-0.3, -0.25) is 9.59 Å². The van der Waals surface area contributed by atoms with Gasteiger partial charge in [0, 0.05) is 10.9 Å². The van der Waals surface area contributed by atoms with Crippen LogP contribution in [0.1, 0.15) is 33.5 Å². The van der Waals surface area contributed by atoms with Crippen molar-refractivity contribution in [3.63, 3.8) is 0 Å². The highest BCUT2D eigenvalue weighted by atomic mass is 32.1. The topological polar surface area (TPSA) is 49.9 Å². The van der Waals surface area contributed by atoms with Crippen molar-refractivity contribution in [3.05, 3.63) is 74.4 Å². The van der Waals surface area contributed by atoms with Gasteiger partial charge in [-0.25, -0.2) is 8.78 Å². The van der Waals surface area contributed by atoms with Crippen LogP contribution in [0.5, 0.6) is 0 Å². The number of aromatic nitrogens is 1. The number of hydrogen-bond acceptors (Lipinski definition) is 3. The Morgan fingerprint density at radius 2 is 1.92 bits per heavy atom. The summed E-state index contributed by atoms with van der Waals surface area (Å²) in [7, 11) is 0. The van der Waals surface area contributed by atoms with Gasteiger partial charge in [-0.2, -0.15) is 0 Å². The lowest BCUT2D eigenvalue weighted by atomic mass is 10.0. The number of carbonyl (C=O) groups is 1. The molecule has 0 bridgehead atoms. The summed E-state index contributed by atoms with van der Waals surface area (Å²) in [5.41, 5.74) is 0.844. The number of benzene rings is 1. The predicted octanol–water partition coefficient (Wildman–Crippen LogP) is 4.73. The van der Waals surface area contributed by atoms with Crippen molar-refractivity contribution in [2.24, 2.45) is 0 Å². The molecule has 0 amide bonds. The first-order chi connectivity index (χ1) is 11.5. The standard InChI is InChI=1S/C18H13F2NO2S/c1-10-13-8-9-24-18(13)21-17(23)15(10)14(22)7-4-11-2-5-12(6-3-11)16(19)20/h2-9,16H,1H3,(H,21,23). The molecule has 3 aromatic rings. The number of thiophene rings is 1. The third kappa shape index (κ3) is 3.05. The van der Waals surface area contributed by atoms with Crippen LogP contribution < -0.4 is 5.56 Å². The number of allylic oxidation sites excluding steroid dienone is 1. The first kappa shape index (κ1) is 16.3. The van der Waals surface area contributed by atoms with E-state index in [9.17, 15) is 18.4 Å². The number of H-pyrrole nitrogens is 1. The molecule has 0 spiro atoms. The van der Waals surface area contributed by atoms with Crippen LogP contribution in [0.25, 0.3) is 16.3 Å². The minimum atomic E-state index is -2.52. The smallest absolute Gasteiger partial charge is 0.263 e. The highest BCUT2D eigenvalue weighted by Gasteiger charge is 2.15. The van der Waals surface area contributed by atoms with Crippen molar-refractivity contribution < 1.29 is 13.6 Å². The summed E-state index contributed by atoms with van der Waals surface area (Å²) >= 11 is 1.40. The molecule has 2 heterocycles. The molecule has 2 aromatic heterocycles. The van der Waals surface area contributed by atoms with E-state index in [1.807, 2.05) is 11.4 Å². The summed E-state index contributed by atoms with van der Waals surface area (Å²) in [5.74, 6) is -0.417. The lowest BCUT2D eigenvalue weighted by molar-refractivity contribution is 0.104. The summed E-state index contributed by atoms with van der Waals surface area (Å²) in [6.45, 7) is 1.74. The average molecular weight is 345 g/mol. The fraction of sp³-hybridized carbons (Fsp3) is 0.111. The summed E-state index contributed by atoms with van der Waals surface area (Å²) in [6, 6.07) is 7.48. The maximum atomic E-state index is 12.5. The summed E-state index contributed by atoms with van der Waals surface area (Å²) in [6.07, 6.45) is 0.268. The Kier molecular flexibility index (Phi) is 4.40. The van der Waals surface area contributed by atoms with E-state index < -0.39 is 17.8 Å². The molecule has 0 saturated carbocycles. The molecule has 3 nitrogen and oxygen atoms in total. The molecule has 0 aliphatic heterocycles. The van der Waals surface area contributed by atoms with Gasteiger partial charge >= 0.3 is 0 Å². The largest absolute Gasteiger partial charge is 0.313 e. The van der Waals surface area contributed by atoms with E-state index in [1.54, 1.807) is 6.92 Å². The molecule has 24 heavy (non-hydrogen) atoms. The number of alkyl halides is 2. The number of rotatable bonds is 4. The first-order valence-corrected chi connectivity index (χ1v) is 8.06. The Morgan fingerprint density at radius 1 is 1.21 bits per heavy atom. The van der Waals surface area contributed by atoms with Crippen molar-refractivity contribution >= 4 is 33.4 Å². The molecular formula is C18H13F2NO2S. The fourth-order valence-electron chi connectivity index (χ4n) is 2.48. The first-order valence-electron chi connectivity index (χ1n) is 7.18. The number of fused-ring (bicyclic) bond motifs is 1. The number of halogens is 2. The van der Waals surface area contributed by atoms with E-state index >= 15 is 0 Å². The van der Waals surface area contributed by atoms with Crippen molar-refractivity contribution in [1.82, 2.24) is 4.98 Å². The van der Waals surface area contributed by atoms with Gasteiger partial charge in [0.05, 0.1) is 5.56 Å². The molecule has 0 atom stereocenters. The van der Waals surface area contributed by atoms with Crippen LogP contribution in [0.3, 0.4) is 0 Å². The highest BCUT2D eigenvalue weighted by molar-refractivity contribution is 7.16. The van der Waals surface area contributed by atoms with Gasteiger partial charge in [0.1, 0.15) is 4.83 Å². The highest BCUT2D eigenvalue weighted by Crippen LogP contribution is 2.23. The molecule has 0 saturated heterocycles. The van der Waals surface area contributed by atoms with E-state index in [-0.39, 0.29) is 11.1 Å². The SMILES string of the molecule is Cc1c(C(=O)C=Cc2ccc(C(F)F)cc2)c(=O)[nH]c2sccc12. The van der Waals surface area contributed by atoms with E-state index in [4.69, 9.17) is 0 Å². The van der Waals surface area contributed by atoms with Crippen LogP contribution in [0.4, 0.5) is 8.78 Å². The van der Waals surface area contributed by atoms with Gasteiger partial charge in [-0.15, -0.1) is 11.3 Å². The second-order valence-corrected chi connectivity index (χ2v) is 6.20. The molecule has 0 radical (unpaired) electrons. The summed E-state index contributed by atoms with van der Waals surface area (Å²) in [4.78, 5) is 28.0. The molecule has 6 heteroatoms. The third-order valence-electron chi connectivity index (χ3n) is 3.76. The summed E-state index contributed by atoms with van der Waals surface area (Å²) < 4.78 is 25.0. The zero-order valence-electron chi connectivity index (χ0n) is 12.7. The second-order valence-electron chi connectivity index (χ2n) is 5.28. The van der Waals surface area contributed by atoms with Gasteiger partial charge in [-0.05, 0) is 35.6 Å². The molecule has 1 N–H and O–H groups in total. The minimum Gasteiger partial charge on any atom is -0.313 e. The Balaban J connectivity index is 1.91. The fourth-order valence-corrected chi connectivity index (χ4v) is 3.32. The normalized spacial score (nSPS) is 11.7. The lowest BCUT2D eigenvalue weighted by Crippen LogP contribution is -2.18. The number of aromatic amines is 1. The maximum absolute atomic E-state index is 12.5. The predicted molar refractivity (Wildman–Crippen MR) is 91.9 cm³/mol. The Bertz CT molecular complexity index is 984. The Labute approximate surface area is 140 Å². The number of aryl methyl sites for hydroxylation is 1. The number of carbonyl (C=O) groups excluding carboxylic acids is 1. The van der Waals surface area contributed by atoms with E-state index in [0.29, 0.717) is 11.1 Å². The van der Waals surface area contributed by atoms with Gasteiger partial charge < -0.3 is 4.98 Å². The monoisotopic (exact) mass is 345 g/mol. The second kappa shape index (κ2) is 6.49. The molecule has 1 aromatic carbocycles. The zero-order valence-corrected chi connectivity index (χ0v) is 13.5. The van der Waals surface area contributed by atoms with E-state index in [1.165, 1.54) is 47.8 Å². The van der Waals surface area contributed by atoms with Crippen molar-refractivity contribution in [2.75, 3.05) is 0 Å². The Morgan fingerprint density at radius 3 is 2.58 bits per heavy atom. The molecule has 3 rings (SSSR count). The van der Waals surface area contributed by atoms with E-state index in [2.05, 4.69) is 4.98 Å². The number of pyridine rings is 1. The average Bonchev–Trinajstić information content (AvgIpc) is 3.01. The van der Waals surface area contributed by atoms with Gasteiger partial charge in [0.2, 0.25) is 0 Å². The third-order valence-corrected chi connectivity index (χ3v) is 4.59. The molecule has 0 aliphatic rings. The van der Waals surface area contributed by atoms with Crippen molar-refractivity contribution in [1.29, 1.82) is 0 Å². The minimum absolute atomic E-state index is 0.0753. The van der Waals surface area contributed by atoms with Crippen LogP contribution in [0, 0.1) is 6.92 Å². The van der Waals surface area contributed by atoms with Crippen LogP contribution in [0.2, 0.25) is 0 Å². The molecular weight excluding hydrogens is 332 g/mol. The van der Waals surface area contributed by atoms with Crippen molar-refractivity contribution in [2.45, 2.75) is 13.3 Å². The van der Waals surface area contributed by atoms with Crippen LogP contribution >= 0.6 is 11.3 Å². The molecule has 0 unspecified atom stereocenters. The maximum Gasteiger partial charge on any atom is 0.263 e. The lowest BCUT2D eigenvalue weighted by Gasteiger charge is -2.03. The van der Waals surface area contributed by atoms with Crippen LogP contribution in [-0.2, 0) is 0 Å². The number of nitrogens with one attached hydrogen (secondary N) is 1. The van der Waals surface area contributed by atoms with Gasteiger partial charge in [0.25, 0.3) is 12.0 Å². The number of ketones is 1. The van der Waals surface area contributed by atoms with Crippen LogP contribution in [-0.4, -0.2) is 10.8 Å². The van der Waals surface area contributed by atoms with Gasteiger partial charge in [0.15, 0.2) is 5.78 Å². The summed E-state index contributed by atoms with van der Waals surface area (Å²) in [5, 5.41) is 2.69. The Hall–Kier alpha value is -2.60. The van der Waals surface area contributed by atoms with Crippen molar-refractivity contribution in [3.8, 4) is 0 Å². The zero-order chi connectivity index (χ0) is 17.3. The number of hydrogen-bond donors (Lipinski definition) is 1. The quantitative estimate of drug-likeness (QED) is 0.549. The van der Waals surface area contributed by atoms with E-state index in [0.717, 1.165) is 10.2 Å².